The Labute approximate surface area is 189 Å². The highest BCUT2D eigenvalue weighted by molar-refractivity contribution is 5.89. The van der Waals surface area contributed by atoms with E-state index in [9.17, 15) is 50.4 Å². The lowest BCUT2D eigenvalue weighted by atomic mass is 10.0. The second-order valence-corrected chi connectivity index (χ2v) is 7.22. The van der Waals surface area contributed by atoms with Crippen LogP contribution in [0.4, 0.5) is 0 Å². The summed E-state index contributed by atoms with van der Waals surface area (Å²) in [5.74, 6) is -5.22. The zero-order valence-corrected chi connectivity index (χ0v) is 17.1. The standard InChI is InChI=1S/C21H20O13/c22-6-12(26)15(27)17(29)19(31)21(32)33-8-4-11(25)14-13(5-8)34-20(18(30)16(14)28)7-1-2-9(23)10(24)3-7/h1-5,12,15,17,19,22-27,29-31H,6H2/t12-,15-,17+,19-/m1/s1. The van der Waals surface area contributed by atoms with E-state index in [1.54, 1.807) is 0 Å². The molecule has 2 aromatic carbocycles. The maximum Gasteiger partial charge on any atom is 0.343 e. The molecule has 0 fully saturated rings. The zero-order chi connectivity index (χ0) is 25.3. The van der Waals surface area contributed by atoms with Gasteiger partial charge in [-0.2, -0.15) is 0 Å². The highest BCUT2D eigenvalue weighted by Gasteiger charge is 2.35. The molecule has 0 bridgehead atoms. The molecule has 0 aliphatic carbocycles. The van der Waals surface area contributed by atoms with E-state index in [-0.39, 0.29) is 11.1 Å². The van der Waals surface area contributed by atoms with E-state index < -0.39 is 82.3 Å². The lowest BCUT2D eigenvalue weighted by molar-refractivity contribution is -0.161. The van der Waals surface area contributed by atoms with Crippen LogP contribution >= 0.6 is 0 Å². The summed E-state index contributed by atoms with van der Waals surface area (Å²) in [6.07, 6.45) is -8.58. The van der Waals surface area contributed by atoms with Crippen LogP contribution < -0.4 is 10.2 Å². The van der Waals surface area contributed by atoms with Gasteiger partial charge in [-0.1, -0.05) is 0 Å². The number of phenols is 3. The highest BCUT2D eigenvalue weighted by Crippen LogP contribution is 2.38. The number of esters is 1. The van der Waals surface area contributed by atoms with Crippen molar-refractivity contribution in [2.75, 3.05) is 6.61 Å². The molecular weight excluding hydrogens is 460 g/mol. The minimum Gasteiger partial charge on any atom is -0.507 e. The Hall–Kier alpha value is -3.88. The molecule has 0 aliphatic rings. The summed E-state index contributed by atoms with van der Waals surface area (Å²) in [5, 5.41) is 86.4. The molecule has 1 heterocycles. The average Bonchev–Trinajstić information content (AvgIpc) is 2.80. The number of fused-ring (bicyclic) bond motifs is 1. The fourth-order valence-corrected chi connectivity index (χ4v) is 3.02. The van der Waals surface area contributed by atoms with Crippen LogP contribution in [0, 0.1) is 0 Å². The fourth-order valence-electron chi connectivity index (χ4n) is 3.02. The largest absolute Gasteiger partial charge is 0.507 e. The Morgan fingerprint density at radius 1 is 0.912 bits per heavy atom. The summed E-state index contributed by atoms with van der Waals surface area (Å²) in [6.45, 7) is -0.967. The van der Waals surface area contributed by atoms with Gasteiger partial charge in [0.2, 0.25) is 11.2 Å². The van der Waals surface area contributed by atoms with E-state index in [2.05, 4.69) is 0 Å². The summed E-state index contributed by atoms with van der Waals surface area (Å²) in [7, 11) is 0. The number of aliphatic hydroxyl groups excluding tert-OH is 5. The lowest BCUT2D eigenvalue weighted by Crippen LogP contribution is -2.49. The van der Waals surface area contributed by atoms with Crippen molar-refractivity contribution in [3.63, 3.8) is 0 Å². The number of benzene rings is 2. The monoisotopic (exact) mass is 480 g/mol. The van der Waals surface area contributed by atoms with Crippen molar-refractivity contribution in [2.24, 2.45) is 0 Å². The number of aromatic hydroxyl groups is 4. The predicted octanol–water partition coefficient (Wildman–Crippen LogP) is -1.38. The van der Waals surface area contributed by atoms with Gasteiger partial charge in [-0.15, -0.1) is 0 Å². The first-order valence-electron chi connectivity index (χ1n) is 9.56. The fraction of sp³-hybridized carbons (Fsp3) is 0.238. The molecule has 0 unspecified atom stereocenters. The summed E-state index contributed by atoms with van der Waals surface area (Å²) >= 11 is 0. The Morgan fingerprint density at radius 2 is 1.59 bits per heavy atom. The maximum atomic E-state index is 12.6. The summed E-state index contributed by atoms with van der Waals surface area (Å²) in [4.78, 5) is 24.7. The summed E-state index contributed by atoms with van der Waals surface area (Å²) in [5.41, 5.74) is -1.49. The minimum atomic E-state index is -2.38. The van der Waals surface area contributed by atoms with Gasteiger partial charge in [0, 0.05) is 17.7 Å². The topological polar surface area (TPSA) is 239 Å². The van der Waals surface area contributed by atoms with Crippen LogP contribution in [0.5, 0.6) is 28.7 Å². The van der Waals surface area contributed by atoms with E-state index in [1.807, 2.05) is 0 Å². The first-order chi connectivity index (χ1) is 16.0. The van der Waals surface area contributed by atoms with Gasteiger partial charge in [-0.05, 0) is 18.2 Å². The molecule has 0 aliphatic heterocycles. The second-order valence-electron chi connectivity index (χ2n) is 7.22. The van der Waals surface area contributed by atoms with E-state index in [0.29, 0.717) is 0 Å². The molecule has 9 N–H and O–H groups in total. The third kappa shape index (κ3) is 4.59. The van der Waals surface area contributed by atoms with Gasteiger partial charge in [-0.25, -0.2) is 4.79 Å². The van der Waals surface area contributed by atoms with Crippen molar-refractivity contribution >= 4 is 16.9 Å². The number of hydrogen-bond acceptors (Lipinski definition) is 13. The van der Waals surface area contributed by atoms with Crippen molar-refractivity contribution in [3.8, 4) is 40.1 Å². The number of rotatable bonds is 7. The molecule has 0 spiro atoms. The van der Waals surface area contributed by atoms with Crippen molar-refractivity contribution in [1.82, 2.24) is 0 Å². The SMILES string of the molecule is O=C(Oc1cc(O)c2c(=O)c(O)c(-c3ccc(O)c(O)c3)oc2c1)[C@H](O)[C@@H](O)[C@H](O)[C@H](O)CO. The molecule has 34 heavy (non-hydrogen) atoms. The van der Waals surface area contributed by atoms with Gasteiger partial charge in [0.15, 0.2) is 23.4 Å². The van der Waals surface area contributed by atoms with E-state index in [1.165, 1.54) is 6.07 Å². The molecule has 13 nitrogen and oxygen atoms in total. The van der Waals surface area contributed by atoms with Crippen molar-refractivity contribution in [1.29, 1.82) is 0 Å². The van der Waals surface area contributed by atoms with Gasteiger partial charge >= 0.3 is 5.97 Å². The first kappa shape index (κ1) is 24.8. The van der Waals surface area contributed by atoms with Crippen LogP contribution in [0.15, 0.2) is 39.5 Å². The molecule has 182 valence electrons. The number of carbonyl (C=O) groups is 1. The quantitative estimate of drug-likeness (QED) is 0.108. The Kier molecular flexibility index (Phi) is 6.95. The van der Waals surface area contributed by atoms with Crippen LogP contribution in [0.3, 0.4) is 0 Å². The number of ether oxygens (including phenoxy) is 1. The van der Waals surface area contributed by atoms with E-state index in [0.717, 1.165) is 24.3 Å². The molecule has 3 rings (SSSR count). The number of carbonyl (C=O) groups excluding carboxylic acids is 1. The molecule has 0 saturated heterocycles. The molecular formula is C21H20O13. The molecule has 13 heteroatoms. The smallest absolute Gasteiger partial charge is 0.343 e. The van der Waals surface area contributed by atoms with Crippen LogP contribution in [0.2, 0.25) is 0 Å². The molecule has 0 amide bonds. The van der Waals surface area contributed by atoms with Gasteiger partial charge < -0.3 is 55.1 Å². The molecule has 4 atom stereocenters. The van der Waals surface area contributed by atoms with Crippen LogP contribution in [0.1, 0.15) is 0 Å². The van der Waals surface area contributed by atoms with Crippen molar-refractivity contribution in [3.05, 3.63) is 40.6 Å². The lowest BCUT2D eigenvalue weighted by Gasteiger charge is -2.24. The second kappa shape index (κ2) is 9.54. The normalized spacial score (nSPS) is 15.0. The number of aliphatic hydroxyl groups is 5. The maximum absolute atomic E-state index is 12.6. The van der Waals surface area contributed by atoms with Crippen LogP contribution in [-0.4, -0.2) is 83.0 Å². The molecule has 0 saturated carbocycles. The van der Waals surface area contributed by atoms with Crippen molar-refractivity contribution < 1.29 is 59.9 Å². The molecule has 3 aromatic rings. The van der Waals surface area contributed by atoms with E-state index in [4.69, 9.17) is 14.3 Å². The average molecular weight is 480 g/mol. The summed E-state index contributed by atoms with van der Waals surface area (Å²) < 4.78 is 10.3. The van der Waals surface area contributed by atoms with Crippen molar-refractivity contribution in [2.45, 2.75) is 24.4 Å². The molecule has 1 aromatic heterocycles. The Bertz CT molecular complexity index is 1280. The van der Waals surface area contributed by atoms with Gasteiger partial charge in [0.25, 0.3) is 0 Å². The highest BCUT2D eigenvalue weighted by atomic mass is 16.6. The number of hydrogen-bond donors (Lipinski definition) is 9. The van der Waals surface area contributed by atoms with Gasteiger partial charge in [0.1, 0.15) is 40.8 Å². The van der Waals surface area contributed by atoms with Crippen LogP contribution in [0.25, 0.3) is 22.3 Å². The number of phenolic OH excluding ortho intramolecular Hbond substituents is 3. The third-order valence-corrected chi connectivity index (χ3v) is 4.88. The van der Waals surface area contributed by atoms with Gasteiger partial charge in [-0.3, -0.25) is 4.79 Å². The van der Waals surface area contributed by atoms with E-state index >= 15 is 0 Å². The minimum absolute atomic E-state index is 0.0244. The zero-order valence-electron chi connectivity index (χ0n) is 17.1. The molecule has 0 radical (unpaired) electrons. The first-order valence-corrected chi connectivity index (χ1v) is 9.56. The Balaban J connectivity index is 1.99. The third-order valence-electron chi connectivity index (χ3n) is 4.88. The van der Waals surface area contributed by atoms with Gasteiger partial charge in [0.05, 0.1) is 6.61 Å². The predicted molar refractivity (Wildman–Crippen MR) is 111 cm³/mol. The van der Waals surface area contributed by atoms with Crippen LogP contribution in [-0.2, 0) is 4.79 Å². The Morgan fingerprint density at radius 3 is 2.21 bits per heavy atom. The summed E-state index contributed by atoms with van der Waals surface area (Å²) in [6, 6.07) is 4.99.